The molecule has 0 bridgehead atoms. The van der Waals surface area contributed by atoms with Gasteiger partial charge in [0, 0.05) is 24.9 Å². The molecule has 1 aliphatic heterocycles. The van der Waals surface area contributed by atoms with Gasteiger partial charge in [0.1, 0.15) is 0 Å². The van der Waals surface area contributed by atoms with Gasteiger partial charge in [0.2, 0.25) is 0 Å². The lowest BCUT2D eigenvalue weighted by molar-refractivity contribution is -0.110. The van der Waals surface area contributed by atoms with E-state index < -0.39 is 5.60 Å². The van der Waals surface area contributed by atoms with E-state index in [4.69, 9.17) is 4.74 Å². The van der Waals surface area contributed by atoms with Gasteiger partial charge in [-0.05, 0) is 38.9 Å². The minimum Gasteiger partial charge on any atom is -0.388 e. The quantitative estimate of drug-likeness (QED) is 0.815. The summed E-state index contributed by atoms with van der Waals surface area (Å²) in [6.45, 7) is 3.49. The number of nitrogens with one attached hydrogen (secondary N) is 1. The first-order valence-electron chi connectivity index (χ1n) is 7.64. The van der Waals surface area contributed by atoms with Gasteiger partial charge in [-0.1, -0.05) is 19.3 Å². The number of aliphatic hydroxyl groups is 1. The summed E-state index contributed by atoms with van der Waals surface area (Å²) >= 11 is 1.70. The van der Waals surface area contributed by atoms with E-state index in [1.54, 1.807) is 11.8 Å². The minimum atomic E-state index is -0.600. The summed E-state index contributed by atoms with van der Waals surface area (Å²) in [4.78, 5) is 0. The third-order valence-electron chi connectivity index (χ3n) is 4.48. The smallest absolute Gasteiger partial charge is 0.0833 e. The zero-order valence-electron chi connectivity index (χ0n) is 12.4. The third-order valence-corrected chi connectivity index (χ3v) is 5.40. The lowest BCUT2D eigenvalue weighted by atomic mass is 9.78. The Morgan fingerprint density at radius 2 is 2.11 bits per heavy atom. The second-order valence-corrected chi connectivity index (χ2v) is 7.46. The van der Waals surface area contributed by atoms with E-state index in [2.05, 4.69) is 5.32 Å². The summed E-state index contributed by atoms with van der Waals surface area (Å²) in [5.41, 5.74) is -0.447. The first kappa shape index (κ1) is 15.6. The van der Waals surface area contributed by atoms with Crippen molar-refractivity contribution in [1.29, 1.82) is 0 Å². The van der Waals surface area contributed by atoms with Gasteiger partial charge in [-0.15, -0.1) is 0 Å². The van der Waals surface area contributed by atoms with Crippen molar-refractivity contribution in [2.24, 2.45) is 0 Å². The van der Waals surface area contributed by atoms with Crippen LogP contribution in [-0.4, -0.2) is 47.5 Å². The molecule has 2 atom stereocenters. The Kier molecular flexibility index (Phi) is 5.58. The molecule has 1 saturated carbocycles. The van der Waals surface area contributed by atoms with Crippen molar-refractivity contribution < 1.29 is 9.84 Å². The fraction of sp³-hybridized carbons (Fsp3) is 1.00. The van der Waals surface area contributed by atoms with Crippen LogP contribution in [0, 0.1) is 0 Å². The molecule has 0 aromatic carbocycles. The van der Waals surface area contributed by atoms with Crippen molar-refractivity contribution in [3.05, 3.63) is 0 Å². The largest absolute Gasteiger partial charge is 0.388 e. The molecule has 2 N–H and O–H groups in total. The summed E-state index contributed by atoms with van der Waals surface area (Å²) in [5, 5.41) is 13.8. The average molecular weight is 287 g/mol. The molecule has 0 aromatic heterocycles. The van der Waals surface area contributed by atoms with Gasteiger partial charge in [-0.3, -0.25) is 0 Å². The van der Waals surface area contributed by atoms with E-state index in [1.165, 1.54) is 32.1 Å². The molecule has 2 fully saturated rings. The van der Waals surface area contributed by atoms with E-state index in [1.807, 2.05) is 13.2 Å². The van der Waals surface area contributed by atoms with Crippen LogP contribution in [0.5, 0.6) is 0 Å². The highest BCUT2D eigenvalue weighted by Gasteiger charge is 2.38. The van der Waals surface area contributed by atoms with Crippen LogP contribution < -0.4 is 5.32 Å². The fourth-order valence-corrected chi connectivity index (χ4v) is 4.20. The summed E-state index contributed by atoms with van der Waals surface area (Å²) in [5.74, 6) is 0.786. The summed E-state index contributed by atoms with van der Waals surface area (Å²) < 4.78 is 6.11. The Bertz CT molecular complexity index is 272. The van der Waals surface area contributed by atoms with Crippen LogP contribution in [0.15, 0.2) is 0 Å². The molecule has 2 unspecified atom stereocenters. The highest BCUT2D eigenvalue weighted by atomic mass is 32.2. The average Bonchev–Trinajstić information content (AvgIpc) is 2.38. The molecule has 0 aromatic rings. The summed E-state index contributed by atoms with van der Waals surface area (Å²) in [7, 11) is 0. The van der Waals surface area contributed by atoms with Crippen molar-refractivity contribution in [3.8, 4) is 0 Å². The molecule has 1 aliphatic carbocycles. The van der Waals surface area contributed by atoms with Gasteiger partial charge >= 0.3 is 0 Å². The molecule has 4 heteroatoms. The van der Waals surface area contributed by atoms with Gasteiger partial charge in [-0.25, -0.2) is 0 Å². The molecule has 3 nitrogen and oxygen atoms in total. The predicted octanol–water partition coefficient (Wildman–Crippen LogP) is 2.57. The van der Waals surface area contributed by atoms with Crippen molar-refractivity contribution in [2.75, 3.05) is 25.2 Å². The number of rotatable bonds is 5. The van der Waals surface area contributed by atoms with E-state index in [0.717, 1.165) is 25.2 Å². The number of ether oxygens (including phenoxy) is 1. The normalized spacial score (nSPS) is 30.2. The number of thioether (sulfide) groups is 1. The van der Waals surface area contributed by atoms with E-state index in [0.29, 0.717) is 12.6 Å². The van der Waals surface area contributed by atoms with Crippen molar-refractivity contribution in [3.63, 3.8) is 0 Å². The zero-order chi connectivity index (χ0) is 13.8. The van der Waals surface area contributed by atoms with Gasteiger partial charge in [0.15, 0.2) is 0 Å². The van der Waals surface area contributed by atoms with Gasteiger partial charge in [-0.2, -0.15) is 11.8 Å². The van der Waals surface area contributed by atoms with Crippen LogP contribution in [0.2, 0.25) is 0 Å². The molecule has 1 saturated heterocycles. The number of hydrogen-bond donors (Lipinski definition) is 2. The molecule has 1 heterocycles. The van der Waals surface area contributed by atoms with Crippen molar-refractivity contribution >= 4 is 11.8 Å². The molecular formula is C15H29NO2S. The zero-order valence-corrected chi connectivity index (χ0v) is 13.2. The van der Waals surface area contributed by atoms with E-state index in [9.17, 15) is 5.11 Å². The van der Waals surface area contributed by atoms with E-state index in [-0.39, 0.29) is 5.60 Å². The maximum absolute atomic E-state index is 10.2. The predicted molar refractivity (Wildman–Crippen MR) is 81.8 cm³/mol. The van der Waals surface area contributed by atoms with Crippen LogP contribution in [-0.2, 0) is 4.74 Å². The standard InChI is InChI=1S/C15H29NO2S/c1-14(17,12-19-2)11-16-13-6-9-18-15(10-13)7-4-3-5-8-15/h13,16-17H,3-12H2,1-2H3. The second-order valence-electron chi connectivity index (χ2n) is 6.59. The SMILES string of the molecule is CSCC(C)(O)CNC1CCOC2(CCCCC2)C1. The minimum absolute atomic E-state index is 0.152. The second kappa shape index (κ2) is 6.79. The Morgan fingerprint density at radius 3 is 2.79 bits per heavy atom. The maximum Gasteiger partial charge on any atom is 0.0833 e. The van der Waals surface area contributed by atoms with E-state index >= 15 is 0 Å². The van der Waals surface area contributed by atoms with Crippen LogP contribution in [0.25, 0.3) is 0 Å². The topological polar surface area (TPSA) is 41.5 Å². The van der Waals surface area contributed by atoms with Gasteiger partial charge in [0.25, 0.3) is 0 Å². The molecule has 0 amide bonds. The Labute approximate surface area is 121 Å². The lowest BCUT2D eigenvalue weighted by Crippen LogP contribution is -2.51. The number of hydrogen-bond acceptors (Lipinski definition) is 4. The van der Waals surface area contributed by atoms with Crippen LogP contribution in [0.4, 0.5) is 0 Å². The molecule has 2 rings (SSSR count). The summed E-state index contributed by atoms with van der Waals surface area (Å²) in [6.07, 6.45) is 10.7. The van der Waals surface area contributed by atoms with Gasteiger partial charge in [0.05, 0.1) is 11.2 Å². The lowest BCUT2D eigenvalue weighted by Gasteiger charge is -2.44. The molecular weight excluding hydrogens is 258 g/mol. The maximum atomic E-state index is 10.2. The Morgan fingerprint density at radius 1 is 1.37 bits per heavy atom. The fourth-order valence-electron chi connectivity index (χ4n) is 3.47. The monoisotopic (exact) mass is 287 g/mol. The molecule has 2 aliphatic rings. The first-order valence-corrected chi connectivity index (χ1v) is 9.03. The third kappa shape index (κ3) is 4.62. The highest BCUT2D eigenvalue weighted by molar-refractivity contribution is 7.98. The first-order chi connectivity index (χ1) is 9.05. The van der Waals surface area contributed by atoms with Gasteiger partial charge < -0.3 is 15.2 Å². The Balaban J connectivity index is 1.81. The molecule has 0 radical (unpaired) electrons. The highest BCUT2D eigenvalue weighted by Crippen LogP contribution is 2.38. The Hall–Kier alpha value is 0.230. The van der Waals surface area contributed by atoms with Crippen LogP contribution in [0.1, 0.15) is 51.9 Å². The summed E-state index contributed by atoms with van der Waals surface area (Å²) in [6, 6.07) is 0.514. The molecule has 19 heavy (non-hydrogen) atoms. The van der Waals surface area contributed by atoms with Crippen LogP contribution in [0.3, 0.4) is 0 Å². The molecule has 1 spiro atoms. The van der Waals surface area contributed by atoms with Crippen molar-refractivity contribution in [2.45, 2.75) is 69.1 Å². The molecule has 112 valence electrons. The van der Waals surface area contributed by atoms with Crippen molar-refractivity contribution in [1.82, 2.24) is 5.32 Å². The van der Waals surface area contributed by atoms with Crippen LogP contribution >= 0.6 is 11.8 Å².